The quantitative estimate of drug-likeness (QED) is 0.754. The van der Waals surface area contributed by atoms with E-state index in [0.29, 0.717) is 6.42 Å². The van der Waals surface area contributed by atoms with Gasteiger partial charge < -0.3 is 10.4 Å². The van der Waals surface area contributed by atoms with E-state index in [2.05, 4.69) is 15.3 Å². The molecule has 6 heteroatoms. The summed E-state index contributed by atoms with van der Waals surface area (Å²) in [7, 11) is 0. The molecular weight excluding hydrogens is 286 g/mol. The lowest BCUT2D eigenvalue weighted by Crippen LogP contribution is -1.98. The first-order valence-electron chi connectivity index (χ1n) is 6.49. The van der Waals surface area contributed by atoms with Gasteiger partial charge in [0, 0.05) is 17.2 Å². The zero-order chi connectivity index (χ0) is 14.7. The number of hydrogen-bond acceptors (Lipinski definition) is 5. The Bertz CT molecular complexity index is 785. The molecule has 0 radical (unpaired) electrons. The van der Waals surface area contributed by atoms with Gasteiger partial charge in [-0.25, -0.2) is 4.98 Å². The number of carboxylic acids is 1. The van der Waals surface area contributed by atoms with Gasteiger partial charge in [0.25, 0.3) is 0 Å². The molecule has 0 unspecified atom stereocenters. The fraction of sp³-hybridized carbons (Fsp3) is 0.133. The normalized spacial score (nSPS) is 10.7. The molecule has 21 heavy (non-hydrogen) atoms. The molecule has 2 heterocycles. The summed E-state index contributed by atoms with van der Waals surface area (Å²) >= 11 is 1.46. The van der Waals surface area contributed by atoms with Crippen LogP contribution in [0.15, 0.2) is 41.9 Å². The number of nitrogens with zero attached hydrogens (tertiary/aromatic N) is 2. The Balaban J connectivity index is 1.74. The van der Waals surface area contributed by atoms with Crippen molar-refractivity contribution in [1.29, 1.82) is 0 Å². The number of hydrogen-bond donors (Lipinski definition) is 2. The number of pyridine rings is 1. The van der Waals surface area contributed by atoms with Gasteiger partial charge in [-0.05, 0) is 12.1 Å². The Morgan fingerprint density at radius 2 is 2.19 bits per heavy atom. The Labute approximate surface area is 125 Å². The van der Waals surface area contributed by atoms with Gasteiger partial charge in [0.15, 0.2) is 5.13 Å². The van der Waals surface area contributed by atoms with Crippen molar-refractivity contribution >= 4 is 39.0 Å². The molecule has 0 bridgehead atoms. The number of fused-ring (bicyclic) bond motifs is 1. The van der Waals surface area contributed by atoms with Crippen molar-refractivity contribution in [2.45, 2.75) is 12.8 Å². The number of rotatable bonds is 5. The van der Waals surface area contributed by atoms with E-state index in [1.807, 2.05) is 35.7 Å². The Hall–Kier alpha value is -2.47. The summed E-state index contributed by atoms with van der Waals surface area (Å²) in [6.07, 6.45) is 2.31. The molecule has 0 spiro atoms. The number of carbonyl (C=O) groups is 1. The molecule has 2 aromatic heterocycles. The first-order chi connectivity index (χ1) is 10.2. The van der Waals surface area contributed by atoms with Gasteiger partial charge in [-0.15, -0.1) is 11.3 Å². The molecule has 0 saturated heterocycles. The number of carboxylic acid groups (broad SMARTS) is 1. The van der Waals surface area contributed by atoms with Crippen molar-refractivity contribution < 1.29 is 9.90 Å². The first-order valence-corrected chi connectivity index (χ1v) is 7.37. The van der Waals surface area contributed by atoms with Crippen LogP contribution >= 0.6 is 11.3 Å². The fourth-order valence-electron chi connectivity index (χ4n) is 1.98. The minimum Gasteiger partial charge on any atom is -0.481 e. The molecule has 0 fully saturated rings. The zero-order valence-corrected chi connectivity index (χ0v) is 11.9. The van der Waals surface area contributed by atoms with Crippen molar-refractivity contribution in [2.24, 2.45) is 0 Å². The zero-order valence-electron chi connectivity index (χ0n) is 11.1. The summed E-state index contributed by atoms with van der Waals surface area (Å²) in [5.74, 6) is -0.809. The molecule has 106 valence electrons. The van der Waals surface area contributed by atoms with Crippen LogP contribution in [-0.2, 0) is 11.2 Å². The highest BCUT2D eigenvalue weighted by atomic mass is 32.1. The monoisotopic (exact) mass is 299 g/mol. The summed E-state index contributed by atoms with van der Waals surface area (Å²) in [5, 5.41) is 15.5. The Morgan fingerprint density at radius 1 is 1.33 bits per heavy atom. The van der Waals surface area contributed by atoms with Crippen molar-refractivity contribution in [2.75, 3.05) is 5.32 Å². The van der Waals surface area contributed by atoms with Crippen LogP contribution < -0.4 is 5.32 Å². The molecule has 3 rings (SSSR count). The number of aliphatic carboxylic acids is 1. The van der Waals surface area contributed by atoms with Gasteiger partial charge in [0.1, 0.15) is 0 Å². The van der Waals surface area contributed by atoms with Gasteiger partial charge in [0.2, 0.25) is 0 Å². The number of anilines is 2. The SMILES string of the molecule is O=C(O)CCc1csc(Nc2cnc3ccccc3c2)n1. The summed E-state index contributed by atoms with van der Waals surface area (Å²) in [5.41, 5.74) is 2.61. The molecule has 0 saturated carbocycles. The number of aromatic nitrogens is 2. The van der Waals surface area contributed by atoms with Crippen molar-refractivity contribution in [1.82, 2.24) is 9.97 Å². The lowest BCUT2D eigenvalue weighted by atomic mass is 10.2. The minimum atomic E-state index is -0.809. The van der Waals surface area contributed by atoms with Crippen molar-refractivity contribution in [3.8, 4) is 0 Å². The van der Waals surface area contributed by atoms with Crippen molar-refractivity contribution in [3.63, 3.8) is 0 Å². The maximum Gasteiger partial charge on any atom is 0.303 e. The third kappa shape index (κ3) is 3.35. The van der Waals surface area contributed by atoms with Crippen LogP contribution in [0.5, 0.6) is 0 Å². The van der Waals surface area contributed by atoms with E-state index in [4.69, 9.17) is 5.11 Å². The van der Waals surface area contributed by atoms with Gasteiger partial charge >= 0.3 is 5.97 Å². The lowest BCUT2D eigenvalue weighted by Gasteiger charge is -2.03. The number of aryl methyl sites for hydroxylation is 1. The highest BCUT2D eigenvalue weighted by molar-refractivity contribution is 7.13. The molecule has 0 atom stereocenters. The van der Waals surface area contributed by atoms with E-state index in [1.54, 1.807) is 6.20 Å². The smallest absolute Gasteiger partial charge is 0.303 e. The molecule has 1 aromatic carbocycles. The third-order valence-corrected chi connectivity index (χ3v) is 3.80. The molecule has 0 aliphatic heterocycles. The highest BCUT2D eigenvalue weighted by Gasteiger charge is 2.05. The largest absolute Gasteiger partial charge is 0.481 e. The lowest BCUT2D eigenvalue weighted by molar-refractivity contribution is -0.136. The highest BCUT2D eigenvalue weighted by Crippen LogP contribution is 2.23. The van der Waals surface area contributed by atoms with E-state index in [0.717, 1.165) is 27.4 Å². The summed E-state index contributed by atoms with van der Waals surface area (Å²) < 4.78 is 0. The predicted molar refractivity (Wildman–Crippen MR) is 83.1 cm³/mol. The molecular formula is C15H13N3O2S. The fourth-order valence-corrected chi connectivity index (χ4v) is 2.74. The van der Waals surface area contributed by atoms with E-state index >= 15 is 0 Å². The summed E-state index contributed by atoms with van der Waals surface area (Å²) in [6.45, 7) is 0. The molecule has 2 N–H and O–H groups in total. The van der Waals surface area contributed by atoms with Gasteiger partial charge in [-0.2, -0.15) is 0 Å². The van der Waals surface area contributed by atoms with Gasteiger partial charge in [-0.1, -0.05) is 18.2 Å². The van der Waals surface area contributed by atoms with E-state index in [-0.39, 0.29) is 6.42 Å². The molecule has 3 aromatic rings. The topological polar surface area (TPSA) is 75.1 Å². The molecule has 0 amide bonds. The molecule has 5 nitrogen and oxygen atoms in total. The number of nitrogens with one attached hydrogen (secondary N) is 1. The second-order valence-electron chi connectivity index (χ2n) is 4.58. The van der Waals surface area contributed by atoms with E-state index in [1.165, 1.54) is 11.3 Å². The molecule has 0 aliphatic carbocycles. The average Bonchev–Trinajstić information content (AvgIpc) is 2.92. The van der Waals surface area contributed by atoms with Crippen LogP contribution in [0.3, 0.4) is 0 Å². The van der Waals surface area contributed by atoms with E-state index < -0.39 is 5.97 Å². The maximum atomic E-state index is 10.5. The Kier molecular flexibility index (Phi) is 3.79. The number of thiazole rings is 1. The van der Waals surface area contributed by atoms with Crippen LogP contribution in [0.1, 0.15) is 12.1 Å². The second kappa shape index (κ2) is 5.88. The van der Waals surface area contributed by atoms with Crippen LogP contribution in [-0.4, -0.2) is 21.0 Å². The average molecular weight is 299 g/mol. The summed E-state index contributed by atoms with van der Waals surface area (Å²) in [4.78, 5) is 19.3. The Morgan fingerprint density at radius 3 is 3.05 bits per heavy atom. The van der Waals surface area contributed by atoms with Crippen molar-refractivity contribution in [3.05, 3.63) is 47.6 Å². The standard InChI is InChI=1S/C15H13N3O2S/c19-14(20)6-5-11-9-21-15(17-11)18-12-7-10-3-1-2-4-13(10)16-8-12/h1-4,7-9H,5-6H2,(H,17,18)(H,19,20). The third-order valence-electron chi connectivity index (χ3n) is 2.99. The van der Waals surface area contributed by atoms with Crippen LogP contribution in [0, 0.1) is 0 Å². The molecule has 0 aliphatic rings. The van der Waals surface area contributed by atoms with Gasteiger partial charge in [-0.3, -0.25) is 9.78 Å². The first kappa shape index (κ1) is 13.5. The second-order valence-corrected chi connectivity index (χ2v) is 5.44. The predicted octanol–water partition coefficient (Wildman–Crippen LogP) is 3.45. The number of para-hydroxylation sites is 1. The number of benzene rings is 1. The van der Waals surface area contributed by atoms with Crippen LogP contribution in [0.4, 0.5) is 10.8 Å². The van der Waals surface area contributed by atoms with Gasteiger partial charge in [0.05, 0.1) is 29.5 Å². The minimum absolute atomic E-state index is 0.0979. The maximum absolute atomic E-state index is 10.5. The summed E-state index contributed by atoms with van der Waals surface area (Å²) in [6, 6.07) is 9.92. The van der Waals surface area contributed by atoms with Crippen LogP contribution in [0.2, 0.25) is 0 Å². The van der Waals surface area contributed by atoms with E-state index in [9.17, 15) is 4.79 Å². The van der Waals surface area contributed by atoms with Crippen LogP contribution in [0.25, 0.3) is 10.9 Å².